The van der Waals surface area contributed by atoms with Crippen molar-refractivity contribution in [3.63, 3.8) is 0 Å². The van der Waals surface area contributed by atoms with E-state index in [-0.39, 0.29) is 6.04 Å². The van der Waals surface area contributed by atoms with Gasteiger partial charge in [0.05, 0.1) is 0 Å². The zero-order valence-electron chi connectivity index (χ0n) is 12.3. The lowest BCUT2D eigenvalue weighted by Gasteiger charge is -2.21. The topological polar surface area (TPSA) is 42.1 Å². The van der Waals surface area contributed by atoms with Gasteiger partial charge in [0.1, 0.15) is 5.82 Å². The number of anilines is 1. The highest BCUT2D eigenvalue weighted by atomic mass is 15.2. The van der Waals surface area contributed by atoms with Gasteiger partial charge < -0.3 is 10.6 Å². The van der Waals surface area contributed by atoms with E-state index in [1.807, 2.05) is 25.3 Å². The Hall–Kier alpha value is -1.87. The number of nitrogens with zero attached hydrogens (tertiary/aromatic N) is 2. The molecule has 1 heterocycles. The number of nitrogens with two attached hydrogens (primary N) is 1. The summed E-state index contributed by atoms with van der Waals surface area (Å²) in [6.07, 6.45) is 3.73. The van der Waals surface area contributed by atoms with Crippen LogP contribution in [0.3, 0.4) is 0 Å². The third-order valence-electron chi connectivity index (χ3n) is 3.35. The van der Waals surface area contributed by atoms with Crippen molar-refractivity contribution in [3.8, 4) is 0 Å². The Morgan fingerprint density at radius 2 is 1.90 bits per heavy atom. The molecule has 0 bridgehead atoms. The number of aromatic nitrogens is 1. The second kappa shape index (κ2) is 7.06. The van der Waals surface area contributed by atoms with Gasteiger partial charge in [-0.25, -0.2) is 4.98 Å². The monoisotopic (exact) mass is 269 g/mol. The van der Waals surface area contributed by atoms with E-state index in [4.69, 9.17) is 5.73 Å². The number of hydrogen-bond acceptors (Lipinski definition) is 3. The lowest BCUT2D eigenvalue weighted by atomic mass is 10.1. The highest BCUT2D eigenvalue weighted by molar-refractivity contribution is 5.46. The van der Waals surface area contributed by atoms with Crippen LogP contribution in [0, 0.1) is 0 Å². The van der Waals surface area contributed by atoms with E-state index in [9.17, 15) is 0 Å². The average molecular weight is 269 g/mol. The fraction of sp³-hybridized carbons (Fsp3) is 0.353. The molecule has 106 valence electrons. The van der Waals surface area contributed by atoms with Gasteiger partial charge >= 0.3 is 0 Å². The molecule has 1 unspecified atom stereocenters. The van der Waals surface area contributed by atoms with Gasteiger partial charge in [-0.05, 0) is 37.0 Å². The molecule has 0 aliphatic rings. The first kappa shape index (κ1) is 14.5. The summed E-state index contributed by atoms with van der Waals surface area (Å²) in [5, 5.41) is 0. The Morgan fingerprint density at radius 1 is 1.15 bits per heavy atom. The van der Waals surface area contributed by atoms with E-state index in [1.54, 1.807) is 0 Å². The molecule has 2 N–H and O–H groups in total. The molecule has 0 amide bonds. The van der Waals surface area contributed by atoms with E-state index in [0.717, 1.165) is 25.2 Å². The molecule has 0 saturated heterocycles. The van der Waals surface area contributed by atoms with Crippen molar-refractivity contribution in [2.24, 2.45) is 5.73 Å². The van der Waals surface area contributed by atoms with Gasteiger partial charge in [0.15, 0.2) is 0 Å². The minimum absolute atomic E-state index is 0.153. The quantitative estimate of drug-likeness (QED) is 0.876. The van der Waals surface area contributed by atoms with E-state index in [2.05, 4.69) is 47.3 Å². The average Bonchev–Trinajstić information content (AvgIpc) is 2.46. The zero-order chi connectivity index (χ0) is 14.4. The van der Waals surface area contributed by atoms with E-state index >= 15 is 0 Å². The standard InChI is InChI=1S/C17H23N3/c1-14(18)13-16-9-6-11-19-17(16)20(2)12-10-15-7-4-3-5-8-15/h3-9,11,14H,10,12-13,18H2,1-2H3. The summed E-state index contributed by atoms with van der Waals surface area (Å²) in [6, 6.07) is 14.8. The van der Waals surface area contributed by atoms with Crippen molar-refractivity contribution in [2.45, 2.75) is 25.8 Å². The molecule has 1 atom stereocenters. The number of hydrogen-bond donors (Lipinski definition) is 1. The predicted octanol–water partition coefficient (Wildman–Crippen LogP) is 2.65. The van der Waals surface area contributed by atoms with Gasteiger partial charge in [-0.1, -0.05) is 36.4 Å². The Kier molecular flexibility index (Phi) is 5.13. The summed E-state index contributed by atoms with van der Waals surface area (Å²) in [5.74, 6) is 1.04. The van der Waals surface area contributed by atoms with Gasteiger partial charge in [0.2, 0.25) is 0 Å². The SMILES string of the molecule is CC(N)Cc1cccnc1N(C)CCc1ccccc1. The normalized spacial score (nSPS) is 12.2. The van der Waals surface area contributed by atoms with Crippen LogP contribution in [0.25, 0.3) is 0 Å². The van der Waals surface area contributed by atoms with Gasteiger partial charge in [0, 0.05) is 25.8 Å². The second-order valence-electron chi connectivity index (χ2n) is 5.32. The van der Waals surface area contributed by atoms with Crippen LogP contribution in [0.5, 0.6) is 0 Å². The van der Waals surface area contributed by atoms with Gasteiger partial charge in [0.25, 0.3) is 0 Å². The molecule has 1 aromatic heterocycles. The van der Waals surface area contributed by atoms with Crippen LogP contribution in [0.2, 0.25) is 0 Å². The first-order chi connectivity index (χ1) is 9.66. The maximum absolute atomic E-state index is 5.91. The molecule has 3 heteroatoms. The van der Waals surface area contributed by atoms with Gasteiger partial charge in [-0.3, -0.25) is 0 Å². The maximum Gasteiger partial charge on any atom is 0.131 e. The molecule has 0 saturated carbocycles. The van der Waals surface area contributed by atoms with Crippen LogP contribution in [0.1, 0.15) is 18.1 Å². The van der Waals surface area contributed by atoms with Gasteiger partial charge in [-0.2, -0.15) is 0 Å². The number of likely N-dealkylation sites (N-methyl/N-ethyl adjacent to an activating group) is 1. The highest BCUT2D eigenvalue weighted by Crippen LogP contribution is 2.17. The Morgan fingerprint density at radius 3 is 2.60 bits per heavy atom. The maximum atomic E-state index is 5.91. The molecule has 0 fully saturated rings. The summed E-state index contributed by atoms with van der Waals surface area (Å²) in [4.78, 5) is 6.73. The zero-order valence-corrected chi connectivity index (χ0v) is 12.3. The lowest BCUT2D eigenvalue weighted by Crippen LogP contribution is -2.25. The first-order valence-corrected chi connectivity index (χ1v) is 7.11. The third kappa shape index (κ3) is 4.07. The van der Waals surface area contributed by atoms with Crippen LogP contribution >= 0.6 is 0 Å². The molecular weight excluding hydrogens is 246 g/mol. The molecule has 2 rings (SSSR count). The minimum atomic E-state index is 0.153. The summed E-state index contributed by atoms with van der Waals surface area (Å²) in [7, 11) is 2.09. The largest absolute Gasteiger partial charge is 0.359 e. The minimum Gasteiger partial charge on any atom is -0.359 e. The Bertz CT molecular complexity index is 523. The summed E-state index contributed by atoms with van der Waals surface area (Å²) in [6.45, 7) is 2.98. The Balaban J connectivity index is 2.03. The lowest BCUT2D eigenvalue weighted by molar-refractivity contribution is 0.729. The highest BCUT2D eigenvalue weighted by Gasteiger charge is 2.10. The third-order valence-corrected chi connectivity index (χ3v) is 3.35. The van der Waals surface area contributed by atoms with Crippen molar-refractivity contribution in [3.05, 3.63) is 59.8 Å². The Labute approximate surface area is 121 Å². The van der Waals surface area contributed by atoms with Crippen LogP contribution in [0.15, 0.2) is 48.7 Å². The van der Waals surface area contributed by atoms with E-state index in [1.165, 1.54) is 11.1 Å². The molecule has 0 spiro atoms. The van der Waals surface area contributed by atoms with E-state index < -0.39 is 0 Å². The molecule has 2 aromatic rings. The molecule has 0 aliphatic carbocycles. The molecule has 1 aromatic carbocycles. The van der Waals surface area contributed by atoms with Crippen molar-refractivity contribution in [1.29, 1.82) is 0 Å². The summed E-state index contributed by atoms with van der Waals surface area (Å²) in [5.41, 5.74) is 8.48. The van der Waals surface area contributed by atoms with Crippen LogP contribution in [-0.2, 0) is 12.8 Å². The molecule has 20 heavy (non-hydrogen) atoms. The number of rotatable bonds is 6. The molecular formula is C17H23N3. The van der Waals surface area contributed by atoms with Crippen molar-refractivity contribution >= 4 is 5.82 Å². The van der Waals surface area contributed by atoms with Gasteiger partial charge in [-0.15, -0.1) is 0 Å². The first-order valence-electron chi connectivity index (χ1n) is 7.11. The number of benzene rings is 1. The van der Waals surface area contributed by atoms with Crippen LogP contribution in [0.4, 0.5) is 5.82 Å². The van der Waals surface area contributed by atoms with Crippen molar-refractivity contribution in [2.75, 3.05) is 18.5 Å². The fourth-order valence-corrected chi connectivity index (χ4v) is 2.33. The van der Waals surface area contributed by atoms with Crippen molar-refractivity contribution in [1.82, 2.24) is 4.98 Å². The molecule has 0 aliphatic heterocycles. The summed E-state index contributed by atoms with van der Waals surface area (Å²) >= 11 is 0. The molecule has 0 radical (unpaired) electrons. The second-order valence-corrected chi connectivity index (χ2v) is 5.32. The van der Waals surface area contributed by atoms with Crippen molar-refractivity contribution < 1.29 is 0 Å². The smallest absolute Gasteiger partial charge is 0.131 e. The molecule has 3 nitrogen and oxygen atoms in total. The summed E-state index contributed by atoms with van der Waals surface area (Å²) < 4.78 is 0. The predicted molar refractivity (Wildman–Crippen MR) is 85.0 cm³/mol. The van der Waals surface area contributed by atoms with Crippen LogP contribution in [-0.4, -0.2) is 24.6 Å². The van der Waals surface area contributed by atoms with E-state index in [0.29, 0.717) is 0 Å². The number of pyridine rings is 1. The van der Waals surface area contributed by atoms with Crippen LogP contribution < -0.4 is 10.6 Å². The fourth-order valence-electron chi connectivity index (χ4n) is 2.33.